The summed E-state index contributed by atoms with van der Waals surface area (Å²) in [6.45, 7) is 1.27. The Labute approximate surface area is 123 Å². The summed E-state index contributed by atoms with van der Waals surface area (Å²) in [7, 11) is 0. The summed E-state index contributed by atoms with van der Waals surface area (Å²) in [5.74, 6) is 0.446. The summed E-state index contributed by atoms with van der Waals surface area (Å²) in [5, 5.41) is 11.3. The van der Waals surface area contributed by atoms with Crippen molar-refractivity contribution in [2.24, 2.45) is 0 Å². The van der Waals surface area contributed by atoms with Crippen LogP contribution in [0.1, 0.15) is 17.5 Å². The molecule has 0 saturated heterocycles. The number of benzene rings is 1. The highest BCUT2D eigenvalue weighted by atomic mass is 32.2. The molecule has 0 heterocycles. The zero-order chi connectivity index (χ0) is 14.2. The quantitative estimate of drug-likeness (QED) is 0.562. The fourth-order valence-corrected chi connectivity index (χ4v) is 3.06. The first kappa shape index (κ1) is 15.4. The van der Waals surface area contributed by atoms with Crippen LogP contribution in [-0.4, -0.2) is 43.1 Å². The topological polar surface area (TPSA) is 58.6 Å². The van der Waals surface area contributed by atoms with Crippen LogP contribution in [0.3, 0.4) is 0 Å². The molecule has 0 saturated carbocycles. The Morgan fingerprint density at radius 1 is 1.30 bits per heavy atom. The third-order valence-corrected chi connectivity index (χ3v) is 4.24. The van der Waals surface area contributed by atoms with E-state index in [4.69, 9.17) is 9.84 Å². The number of carbonyl (C=O) groups is 1. The van der Waals surface area contributed by atoms with Crippen molar-refractivity contribution in [2.75, 3.05) is 32.1 Å². The molecule has 1 amide bonds. The smallest absolute Gasteiger partial charge is 0.230 e. The molecular formula is C15H21NO3S. The monoisotopic (exact) mass is 295 g/mol. The Balaban J connectivity index is 1.66. The number of amides is 1. The van der Waals surface area contributed by atoms with Crippen LogP contribution in [0.2, 0.25) is 0 Å². The highest BCUT2D eigenvalue weighted by molar-refractivity contribution is 8.00. The number of rotatable bonds is 8. The van der Waals surface area contributed by atoms with Crippen LogP contribution < -0.4 is 5.32 Å². The molecule has 1 aliphatic rings. The van der Waals surface area contributed by atoms with Crippen LogP contribution in [0.15, 0.2) is 23.1 Å². The van der Waals surface area contributed by atoms with E-state index in [1.807, 2.05) is 0 Å². The molecule has 0 fully saturated rings. The van der Waals surface area contributed by atoms with Crippen LogP contribution in [0.4, 0.5) is 0 Å². The number of carbonyl (C=O) groups excluding carboxylic acids is 1. The van der Waals surface area contributed by atoms with Crippen LogP contribution in [0.5, 0.6) is 0 Å². The lowest BCUT2D eigenvalue weighted by Crippen LogP contribution is -2.29. The van der Waals surface area contributed by atoms with E-state index in [0.29, 0.717) is 25.5 Å². The van der Waals surface area contributed by atoms with Gasteiger partial charge in [0.1, 0.15) is 0 Å². The lowest BCUT2D eigenvalue weighted by atomic mass is 10.1. The number of ether oxygens (including phenoxy) is 1. The highest BCUT2D eigenvalue weighted by Gasteiger charge is 2.11. The lowest BCUT2D eigenvalue weighted by Gasteiger charge is -2.07. The van der Waals surface area contributed by atoms with Gasteiger partial charge in [-0.2, -0.15) is 0 Å². The summed E-state index contributed by atoms with van der Waals surface area (Å²) in [5.41, 5.74) is 2.90. The second kappa shape index (κ2) is 8.29. The fraction of sp³-hybridized carbons (Fsp3) is 0.533. The summed E-state index contributed by atoms with van der Waals surface area (Å²) in [4.78, 5) is 12.8. The third-order valence-electron chi connectivity index (χ3n) is 3.24. The minimum absolute atomic E-state index is 0.0160. The van der Waals surface area contributed by atoms with Gasteiger partial charge in [0.05, 0.1) is 25.6 Å². The molecule has 1 aliphatic carbocycles. The van der Waals surface area contributed by atoms with Crippen molar-refractivity contribution in [2.45, 2.75) is 24.2 Å². The van der Waals surface area contributed by atoms with Crippen molar-refractivity contribution in [1.29, 1.82) is 0 Å². The molecular weight excluding hydrogens is 274 g/mol. The molecule has 0 radical (unpaired) electrons. The number of fused-ring (bicyclic) bond motifs is 1. The first-order chi connectivity index (χ1) is 9.79. The van der Waals surface area contributed by atoms with Gasteiger partial charge in [-0.3, -0.25) is 4.79 Å². The molecule has 0 aromatic heterocycles. The van der Waals surface area contributed by atoms with Crippen molar-refractivity contribution >= 4 is 17.7 Å². The summed E-state index contributed by atoms with van der Waals surface area (Å²) < 4.78 is 5.07. The molecule has 2 N–H and O–H groups in total. The van der Waals surface area contributed by atoms with Crippen LogP contribution in [0.25, 0.3) is 0 Å². The van der Waals surface area contributed by atoms with Gasteiger partial charge in [-0.15, -0.1) is 11.8 Å². The average Bonchev–Trinajstić information content (AvgIpc) is 2.92. The van der Waals surface area contributed by atoms with Gasteiger partial charge in [-0.1, -0.05) is 6.07 Å². The van der Waals surface area contributed by atoms with Crippen molar-refractivity contribution in [3.05, 3.63) is 29.3 Å². The minimum atomic E-state index is 0.0160. The van der Waals surface area contributed by atoms with Crippen LogP contribution in [0, 0.1) is 0 Å². The first-order valence-electron chi connectivity index (χ1n) is 6.99. The summed E-state index contributed by atoms with van der Waals surface area (Å²) in [6, 6.07) is 6.50. The van der Waals surface area contributed by atoms with Gasteiger partial charge < -0.3 is 15.2 Å². The molecule has 1 aromatic rings. The SMILES string of the molecule is O=C(CSc1ccc2c(c1)CCC2)NCCOCCO. The number of nitrogens with one attached hydrogen (secondary N) is 1. The van der Waals surface area contributed by atoms with Gasteiger partial charge in [-0.25, -0.2) is 0 Å². The molecule has 5 heteroatoms. The lowest BCUT2D eigenvalue weighted by molar-refractivity contribution is -0.118. The van der Waals surface area contributed by atoms with E-state index in [0.717, 1.165) is 11.3 Å². The number of hydrogen-bond acceptors (Lipinski definition) is 4. The molecule has 0 bridgehead atoms. The zero-order valence-electron chi connectivity index (χ0n) is 11.6. The maximum atomic E-state index is 11.6. The standard InChI is InChI=1S/C15H21NO3S/c17-7-9-19-8-6-16-15(18)11-20-14-5-4-12-2-1-3-13(12)10-14/h4-5,10,17H,1-3,6-9,11H2,(H,16,18). The second-order valence-electron chi connectivity index (χ2n) is 4.76. The number of hydrogen-bond donors (Lipinski definition) is 2. The van der Waals surface area contributed by atoms with Crippen LogP contribution in [-0.2, 0) is 22.4 Å². The normalized spacial score (nSPS) is 13.2. The van der Waals surface area contributed by atoms with E-state index in [1.54, 1.807) is 11.8 Å². The zero-order valence-corrected chi connectivity index (χ0v) is 12.4. The van der Waals surface area contributed by atoms with Crippen molar-refractivity contribution < 1.29 is 14.6 Å². The van der Waals surface area contributed by atoms with Crippen molar-refractivity contribution in [3.63, 3.8) is 0 Å². The Morgan fingerprint density at radius 2 is 2.15 bits per heavy atom. The van der Waals surface area contributed by atoms with E-state index >= 15 is 0 Å². The van der Waals surface area contributed by atoms with Crippen molar-refractivity contribution in [1.82, 2.24) is 5.32 Å². The summed E-state index contributed by atoms with van der Waals surface area (Å²) in [6.07, 6.45) is 3.60. The number of aliphatic hydroxyl groups excluding tert-OH is 1. The third kappa shape index (κ3) is 4.81. The fourth-order valence-electron chi connectivity index (χ4n) is 2.27. The minimum Gasteiger partial charge on any atom is -0.394 e. The molecule has 2 rings (SSSR count). The Bertz CT molecular complexity index is 451. The first-order valence-corrected chi connectivity index (χ1v) is 7.98. The Morgan fingerprint density at radius 3 is 3.00 bits per heavy atom. The highest BCUT2D eigenvalue weighted by Crippen LogP contribution is 2.27. The maximum Gasteiger partial charge on any atom is 0.230 e. The van der Waals surface area contributed by atoms with Gasteiger partial charge in [0.15, 0.2) is 0 Å². The number of aryl methyl sites for hydroxylation is 2. The summed E-state index contributed by atoms with van der Waals surface area (Å²) >= 11 is 1.57. The van der Waals surface area contributed by atoms with E-state index in [1.165, 1.54) is 24.0 Å². The largest absolute Gasteiger partial charge is 0.394 e. The maximum absolute atomic E-state index is 11.6. The Kier molecular flexibility index (Phi) is 6.36. The molecule has 1 aromatic carbocycles. The predicted molar refractivity (Wildman–Crippen MR) is 80.1 cm³/mol. The second-order valence-corrected chi connectivity index (χ2v) is 5.81. The number of thioether (sulfide) groups is 1. The molecule has 0 spiro atoms. The van der Waals surface area contributed by atoms with Gasteiger partial charge in [0.25, 0.3) is 0 Å². The van der Waals surface area contributed by atoms with E-state index in [-0.39, 0.29) is 12.5 Å². The van der Waals surface area contributed by atoms with E-state index < -0.39 is 0 Å². The molecule has 0 unspecified atom stereocenters. The predicted octanol–water partition coefficient (Wildman–Crippen LogP) is 1.39. The molecule has 4 nitrogen and oxygen atoms in total. The molecule has 110 valence electrons. The van der Waals surface area contributed by atoms with Gasteiger partial charge in [-0.05, 0) is 42.5 Å². The Hall–Kier alpha value is -1.04. The average molecular weight is 295 g/mol. The van der Waals surface area contributed by atoms with Gasteiger partial charge in [0, 0.05) is 11.4 Å². The molecule has 0 aliphatic heterocycles. The molecule has 20 heavy (non-hydrogen) atoms. The molecule has 0 atom stereocenters. The number of aliphatic hydroxyl groups is 1. The van der Waals surface area contributed by atoms with Gasteiger partial charge >= 0.3 is 0 Å². The van der Waals surface area contributed by atoms with Crippen LogP contribution >= 0.6 is 11.8 Å². The van der Waals surface area contributed by atoms with Gasteiger partial charge in [0.2, 0.25) is 5.91 Å². The van der Waals surface area contributed by atoms with E-state index in [2.05, 4.69) is 23.5 Å². The van der Waals surface area contributed by atoms with E-state index in [9.17, 15) is 4.79 Å². The van der Waals surface area contributed by atoms with Crippen molar-refractivity contribution in [3.8, 4) is 0 Å².